The molecule has 0 radical (unpaired) electrons. The Balaban J connectivity index is 3.10. The summed E-state index contributed by atoms with van der Waals surface area (Å²) in [4.78, 5) is 11.7. The quantitative estimate of drug-likeness (QED) is 0.597. The molecule has 0 spiro atoms. The van der Waals surface area contributed by atoms with Crippen molar-refractivity contribution < 1.29 is 9.53 Å². The Bertz CT molecular complexity index is 438. The average Bonchev–Trinajstić information content (AvgIpc) is 2.36. The molecule has 17 heavy (non-hydrogen) atoms. The van der Waals surface area contributed by atoms with Crippen molar-refractivity contribution in [3.63, 3.8) is 0 Å². The van der Waals surface area contributed by atoms with Crippen LogP contribution >= 0.6 is 11.6 Å². The van der Waals surface area contributed by atoms with E-state index in [4.69, 9.17) is 21.6 Å². The number of hydrogen-bond acceptors (Lipinski definition) is 3. The van der Waals surface area contributed by atoms with Crippen LogP contribution < -0.4 is 0 Å². The number of ether oxygens (including phenoxy) is 1. The van der Waals surface area contributed by atoms with Crippen molar-refractivity contribution in [2.75, 3.05) is 6.61 Å². The van der Waals surface area contributed by atoms with Gasteiger partial charge in [0.05, 0.1) is 18.2 Å². The summed E-state index contributed by atoms with van der Waals surface area (Å²) in [5.74, 6) is -0.0269. The second-order valence-corrected chi connectivity index (χ2v) is 3.72. The third-order valence-corrected chi connectivity index (χ3v) is 2.69. The molecule has 0 aliphatic heterocycles. The summed E-state index contributed by atoms with van der Waals surface area (Å²) in [7, 11) is 0. The van der Waals surface area contributed by atoms with Crippen LogP contribution in [0.15, 0.2) is 18.2 Å². The Morgan fingerprint density at radius 3 is 2.88 bits per heavy atom. The number of carbonyl (C=O) groups is 1. The van der Waals surface area contributed by atoms with Crippen LogP contribution in [0.2, 0.25) is 0 Å². The van der Waals surface area contributed by atoms with Crippen LogP contribution in [0.3, 0.4) is 0 Å². The fourth-order valence-electron chi connectivity index (χ4n) is 1.64. The first-order valence-electron chi connectivity index (χ1n) is 5.45. The van der Waals surface area contributed by atoms with E-state index in [1.54, 1.807) is 19.1 Å². The molecule has 0 aromatic heterocycles. The zero-order valence-electron chi connectivity index (χ0n) is 9.70. The van der Waals surface area contributed by atoms with Gasteiger partial charge in [-0.1, -0.05) is 12.1 Å². The van der Waals surface area contributed by atoms with Crippen LogP contribution in [-0.4, -0.2) is 12.6 Å². The van der Waals surface area contributed by atoms with Gasteiger partial charge in [0.15, 0.2) is 0 Å². The molecule has 1 aromatic carbocycles. The molecule has 1 rings (SSSR count). The van der Waals surface area contributed by atoms with E-state index in [0.717, 1.165) is 11.1 Å². The second-order valence-electron chi connectivity index (χ2n) is 3.46. The van der Waals surface area contributed by atoms with Gasteiger partial charge in [-0.05, 0) is 30.5 Å². The van der Waals surface area contributed by atoms with E-state index in [1.165, 1.54) is 0 Å². The summed E-state index contributed by atoms with van der Waals surface area (Å²) in [6, 6.07) is 7.42. The SMILES string of the molecule is CCOC(=O)c1cccc(CCl)c1CCC#N. The summed E-state index contributed by atoms with van der Waals surface area (Å²) in [6.07, 6.45) is 0.883. The number of halogens is 1. The van der Waals surface area contributed by atoms with Crippen molar-refractivity contribution in [1.29, 1.82) is 5.26 Å². The summed E-state index contributed by atoms with van der Waals surface area (Å²) < 4.78 is 4.98. The van der Waals surface area contributed by atoms with Gasteiger partial charge in [0, 0.05) is 12.3 Å². The minimum absolute atomic E-state index is 0.327. The number of nitriles is 1. The fourth-order valence-corrected chi connectivity index (χ4v) is 1.89. The van der Waals surface area contributed by atoms with Crippen molar-refractivity contribution >= 4 is 17.6 Å². The van der Waals surface area contributed by atoms with E-state index in [9.17, 15) is 4.79 Å². The summed E-state index contributed by atoms with van der Waals surface area (Å²) in [6.45, 7) is 2.10. The molecule has 1 aromatic rings. The standard InChI is InChI=1S/C13H14ClNO2/c1-2-17-13(16)12-6-3-5-10(9-14)11(12)7-4-8-15/h3,5-6H,2,4,7,9H2,1H3. The Morgan fingerprint density at radius 2 is 2.29 bits per heavy atom. The third-order valence-electron chi connectivity index (χ3n) is 2.40. The van der Waals surface area contributed by atoms with Crippen LogP contribution in [0.4, 0.5) is 0 Å². The summed E-state index contributed by atoms with van der Waals surface area (Å²) in [5.41, 5.74) is 2.22. The van der Waals surface area contributed by atoms with E-state index >= 15 is 0 Å². The van der Waals surface area contributed by atoms with Gasteiger partial charge in [-0.2, -0.15) is 5.26 Å². The minimum Gasteiger partial charge on any atom is -0.462 e. The largest absolute Gasteiger partial charge is 0.462 e. The van der Waals surface area contributed by atoms with E-state index in [-0.39, 0.29) is 5.97 Å². The Labute approximate surface area is 106 Å². The van der Waals surface area contributed by atoms with Gasteiger partial charge in [-0.25, -0.2) is 4.79 Å². The van der Waals surface area contributed by atoms with E-state index in [1.807, 2.05) is 6.07 Å². The molecule has 0 saturated carbocycles. The van der Waals surface area contributed by atoms with Gasteiger partial charge in [0.2, 0.25) is 0 Å². The third kappa shape index (κ3) is 3.47. The molecule has 0 fully saturated rings. The molecule has 0 aliphatic carbocycles. The molecular formula is C13H14ClNO2. The highest BCUT2D eigenvalue weighted by Crippen LogP contribution is 2.19. The molecule has 4 heteroatoms. The van der Waals surface area contributed by atoms with Gasteiger partial charge >= 0.3 is 5.97 Å². The van der Waals surface area contributed by atoms with Crippen molar-refractivity contribution in [2.24, 2.45) is 0 Å². The molecule has 3 nitrogen and oxygen atoms in total. The first-order valence-corrected chi connectivity index (χ1v) is 5.98. The monoisotopic (exact) mass is 251 g/mol. The van der Waals surface area contributed by atoms with Gasteiger partial charge in [0.25, 0.3) is 0 Å². The summed E-state index contributed by atoms with van der Waals surface area (Å²) in [5, 5.41) is 8.62. The first kappa shape index (κ1) is 13.5. The van der Waals surface area contributed by atoms with Gasteiger partial charge in [-0.15, -0.1) is 11.6 Å². The van der Waals surface area contributed by atoms with E-state index in [0.29, 0.717) is 30.9 Å². The number of carbonyl (C=O) groups excluding carboxylic acids is 1. The fraction of sp³-hybridized carbons (Fsp3) is 0.385. The lowest BCUT2D eigenvalue weighted by Gasteiger charge is -2.11. The smallest absolute Gasteiger partial charge is 0.338 e. The molecule has 90 valence electrons. The van der Waals surface area contributed by atoms with Crippen LogP contribution in [-0.2, 0) is 17.0 Å². The van der Waals surface area contributed by atoms with E-state index in [2.05, 4.69) is 6.07 Å². The van der Waals surface area contributed by atoms with Gasteiger partial charge in [-0.3, -0.25) is 0 Å². The van der Waals surface area contributed by atoms with Crippen molar-refractivity contribution in [3.05, 3.63) is 34.9 Å². The minimum atomic E-state index is -0.354. The predicted molar refractivity (Wildman–Crippen MR) is 65.9 cm³/mol. The maximum atomic E-state index is 11.7. The predicted octanol–water partition coefficient (Wildman–Crippen LogP) is 3.06. The Morgan fingerprint density at radius 1 is 1.53 bits per heavy atom. The number of nitrogens with zero attached hydrogens (tertiary/aromatic N) is 1. The molecule has 0 unspecified atom stereocenters. The molecule has 0 bridgehead atoms. The second kappa shape index (κ2) is 6.93. The number of hydrogen-bond donors (Lipinski definition) is 0. The highest BCUT2D eigenvalue weighted by molar-refractivity contribution is 6.17. The number of esters is 1. The maximum absolute atomic E-state index is 11.7. The Hall–Kier alpha value is -1.53. The molecule has 0 atom stereocenters. The number of rotatable bonds is 5. The van der Waals surface area contributed by atoms with E-state index < -0.39 is 0 Å². The van der Waals surface area contributed by atoms with Crippen LogP contribution in [0, 0.1) is 11.3 Å². The average molecular weight is 252 g/mol. The summed E-state index contributed by atoms with van der Waals surface area (Å²) >= 11 is 5.83. The number of benzene rings is 1. The lowest BCUT2D eigenvalue weighted by molar-refractivity contribution is 0.0525. The molecule has 0 heterocycles. The highest BCUT2D eigenvalue weighted by Gasteiger charge is 2.14. The van der Waals surface area contributed by atoms with Crippen molar-refractivity contribution in [3.8, 4) is 6.07 Å². The molecule has 0 saturated heterocycles. The highest BCUT2D eigenvalue weighted by atomic mass is 35.5. The molecule has 0 amide bonds. The van der Waals surface area contributed by atoms with Crippen molar-refractivity contribution in [2.45, 2.75) is 25.6 Å². The zero-order chi connectivity index (χ0) is 12.7. The number of alkyl halides is 1. The van der Waals surface area contributed by atoms with Gasteiger partial charge in [0.1, 0.15) is 0 Å². The normalized spacial score (nSPS) is 9.71. The lowest BCUT2D eigenvalue weighted by atomic mass is 9.98. The van der Waals surface area contributed by atoms with Crippen LogP contribution in [0.1, 0.15) is 34.8 Å². The Kier molecular flexibility index (Phi) is 5.51. The molecular weight excluding hydrogens is 238 g/mol. The van der Waals surface area contributed by atoms with Gasteiger partial charge < -0.3 is 4.74 Å². The maximum Gasteiger partial charge on any atom is 0.338 e. The zero-order valence-corrected chi connectivity index (χ0v) is 10.5. The topological polar surface area (TPSA) is 50.1 Å². The first-order chi connectivity index (χ1) is 8.24. The van der Waals surface area contributed by atoms with Crippen LogP contribution in [0.25, 0.3) is 0 Å². The van der Waals surface area contributed by atoms with Crippen molar-refractivity contribution in [1.82, 2.24) is 0 Å². The lowest BCUT2D eigenvalue weighted by Crippen LogP contribution is -2.10. The molecule has 0 N–H and O–H groups in total. The van der Waals surface area contributed by atoms with Crippen LogP contribution in [0.5, 0.6) is 0 Å². The molecule has 0 aliphatic rings.